The van der Waals surface area contributed by atoms with Gasteiger partial charge in [-0.3, -0.25) is 4.79 Å². The topological polar surface area (TPSA) is 61.4 Å². The molecule has 0 bridgehead atoms. The van der Waals surface area contributed by atoms with Crippen molar-refractivity contribution in [2.45, 2.75) is 25.8 Å². The maximum Gasteiger partial charge on any atom is 0.227 e. The number of carbonyl (C=O) groups excluding carboxylic acids is 1. The van der Waals surface area contributed by atoms with Crippen LogP contribution in [0.3, 0.4) is 0 Å². The number of hydrogen-bond acceptors (Lipinski definition) is 3. The molecule has 0 spiro atoms. The monoisotopic (exact) mass is 268 g/mol. The second-order valence-electron chi connectivity index (χ2n) is 4.73. The highest BCUT2D eigenvalue weighted by Crippen LogP contribution is 2.28. The molecule has 1 aliphatic heterocycles. The Balaban J connectivity index is 2.04. The first-order chi connectivity index (χ1) is 8.56. The van der Waals surface area contributed by atoms with Crippen molar-refractivity contribution in [3.8, 4) is 5.75 Å². The van der Waals surface area contributed by atoms with Crippen LogP contribution in [0.25, 0.3) is 0 Å². The molecule has 0 aromatic heterocycles. The van der Waals surface area contributed by atoms with Gasteiger partial charge in [-0.2, -0.15) is 0 Å². The summed E-state index contributed by atoms with van der Waals surface area (Å²) in [6.07, 6.45) is 1.63. The van der Waals surface area contributed by atoms with Gasteiger partial charge in [-0.25, -0.2) is 0 Å². The highest BCUT2D eigenvalue weighted by atomic mass is 35.5. The molecule has 5 heteroatoms. The zero-order valence-electron chi connectivity index (χ0n) is 10.2. The minimum atomic E-state index is -0.0547. The number of rotatable bonds is 2. The van der Waals surface area contributed by atoms with E-state index in [1.54, 1.807) is 12.1 Å². The van der Waals surface area contributed by atoms with Crippen molar-refractivity contribution in [1.82, 2.24) is 5.32 Å². The average Bonchev–Trinajstić information content (AvgIpc) is 2.34. The Morgan fingerprint density at radius 2 is 2.33 bits per heavy atom. The van der Waals surface area contributed by atoms with Gasteiger partial charge in [0.2, 0.25) is 5.91 Å². The SMILES string of the molecule is C[C@H]1C[C@@H](C(=O)Nc2cc(Cl)ccc2O)CCN1. The summed E-state index contributed by atoms with van der Waals surface area (Å²) in [5.74, 6) is -0.0321. The van der Waals surface area contributed by atoms with Gasteiger partial charge in [-0.15, -0.1) is 0 Å². The van der Waals surface area contributed by atoms with Crippen molar-refractivity contribution in [3.63, 3.8) is 0 Å². The van der Waals surface area contributed by atoms with Crippen LogP contribution in [-0.2, 0) is 4.79 Å². The van der Waals surface area contributed by atoms with E-state index in [1.165, 1.54) is 6.07 Å². The van der Waals surface area contributed by atoms with Crippen molar-refractivity contribution in [2.75, 3.05) is 11.9 Å². The van der Waals surface area contributed by atoms with Gasteiger partial charge in [-0.05, 0) is 44.5 Å². The fraction of sp³-hybridized carbons (Fsp3) is 0.462. The second-order valence-corrected chi connectivity index (χ2v) is 5.16. The number of hydrogen-bond donors (Lipinski definition) is 3. The first-order valence-electron chi connectivity index (χ1n) is 6.09. The minimum Gasteiger partial charge on any atom is -0.506 e. The lowest BCUT2D eigenvalue weighted by Crippen LogP contribution is -2.40. The van der Waals surface area contributed by atoms with Crippen LogP contribution in [0.5, 0.6) is 5.75 Å². The van der Waals surface area contributed by atoms with Gasteiger partial charge in [0.1, 0.15) is 5.75 Å². The van der Waals surface area contributed by atoms with Crippen LogP contribution in [-0.4, -0.2) is 23.6 Å². The van der Waals surface area contributed by atoms with E-state index in [-0.39, 0.29) is 17.6 Å². The molecule has 1 heterocycles. The fourth-order valence-corrected chi connectivity index (χ4v) is 2.39. The van der Waals surface area contributed by atoms with E-state index >= 15 is 0 Å². The summed E-state index contributed by atoms with van der Waals surface area (Å²) in [7, 11) is 0. The van der Waals surface area contributed by atoms with Crippen molar-refractivity contribution in [2.24, 2.45) is 5.92 Å². The average molecular weight is 269 g/mol. The van der Waals surface area contributed by atoms with Gasteiger partial charge in [-0.1, -0.05) is 11.6 Å². The third-order valence-electron chi connectivity index (χ3n) is 3.21. The Labute approximate surface area is 111 Å². The van der Waals surface area contributed by atoms with E-state index in [9.17, 15) is 9.90 Å². The predicted octanol–water partition coefficient (Wildman–Crippen LogP) is 2.37. The first kappa shape index (κ1) is 13.2. The number of phenolic OH excluding ortho intramolecular Hbond substituents is 1. The van der Waals surface area contributed by atoms with Crippen molar-refractivity contribution >= 4 is 23.2 Å². The van der Waals surface area contributed by atoms with E-state index in [0.717, 1.165) is 19.4 Å². The molecule has 1 saturated heterocycles. The zero-order valence-corrected chi connectivity index (χ0v) is 11.0. The van der Waals surface area contributed by atoms with E-state index in [0.29, 0.717) is 16.8 Å². The third kappa shape index (κ3) is 3.15. The summed E-state index contributed by atoms with van der Waals surface area (Å²) in [5.41, 5.74) is 0.374. The molecule has 0 radical (unpaired) electrons. The Morgan fingerprint density at radius 1 is 1.56 bits per heavy atom. The molecule has 2 rings (SSSR count). The van der Waals surface area contributed by atoms with E-state index in [1.807, 2.05) is 0 Å². The van der Waals surface area contributed by atoms with Crippen molar-refractivity contribution in [1.29, 1.82) is 0 Å². The molecule has 1 fully saturated rings. The lowest BCUT2D eigenvalue weighted by molar-refractivity contribution is -0.120. The van der Waals surface area contributed by atoms with Crippen LogP contribution >= 0.6 is 11.6 Å². The van der Waals surface area contributed by atoms with Crippen LogP contribution in [0.15, 0.2) is 18.2 Å². The summed E-state index contributed by atoms with van der Waals surface area (Å²) >= 11 is 5.84. The smallest absolute Gasteiger partial charge is 0.227 e. The number of piperidine rings is 1. The lowest BCUT2D eigenvalue weighted by Gasteiger charge is -2.27. The van der Waals surface area contributed by atoms with Gasteiger partial charge in [0.25, 0.3) is 0 Å². The molecule has 4 nitrogen and oxygen atoms in total. The molecular formula is C13H17ClN2O2. The number of carbonyl (C=O) groups is 1. The van der Waals surface area contributed by atoms with Crippen LogP contribution < -0.4 is 10.6 Å². The molecule has 0 aliphatic carbocycles. The number of halogens is 1. The quantitative estimate of drug-likeness (QED) is 0.722. The summed E-state index contributed by atoms with van der Waals surface area (Å²) in [6.45, 7) is 2.91. The Bertz CT molecular complexity index is 451. The van der Waals surface area contributed by atoms with Crippen LogP contribution in [0.4, 0.5) is 5.69 Å². The van der Waals surface area contributed by atoms with Gasteiger partial charge >= 0.3 is 0 Å². The van der Waals surface area contributed by atoms with E-state index in [4.69, 9.17) is 11.6 Å². The van der Waals surface area contributed by atoms with Gasteiger partial charge in [0.15, 0.2) is 0 Å². The van der Waals surface area contributed by atoms with Gasteiger partial charge < -0.3 is 15.7 Å². The molecule has 1 aromatic carbocycles. The molecule has 98 valence electrons. The Hall–Kier alpha value is -1.26. The van der Waals surface area contributed by atoms with Crippen molar-refractivity contribution in [3.05, 3.63) is 23.2 Å². The minimum absolute atomic E-state index is 0.0142. The molecule has 0 unspecified atom stereocenters. The third-order valence-corrected chi connectivity index (χ3v) is 3.45. The summed E-state index contributed by atoms with van der Waals surface area (Å²) < 4.78 is 0. The molecule has 18 heavy (non-hydrogen) atoms. The van der Waals surface area contributed by atoms with Gasteiger partial charge in [0.05, 0.1) is 5.69 Å². The Morgan fingerprint density at radius 3 is 3.06 bits per heavy atom. The van der Waals surface area contributed by atoms with E-state index in [2.05, 4.69) is 17.6 Å². The number of aromatic hydroxyl groups is 1. The highest BCUT2D eigenvalue weighted by molar-refractivity contribution is 6.31. The first-order valence-corrected chi connectivity index (χ1v) is 6.47. The van der Waals surface area contributed by atoms with Gasteiger partial charge in [0, 0.05) is 17.0 Å². The summed E-state index contributed by atoms with van der Waals surface area (Å²) in [6, 6.07) is 4.96. The molecule has 3 N–H and O–H groups in total. The van der Waals surface area contributed by atoms with Crippen LogP contribution in [0.1, 0.15) is 19.8 Å². The molecular weight excluding hydrogens is 252 g/mol. The summed E-state index contributed by atoms with van der Waals surface area (Å²) in [4.78, 5) is 12.1. The number of nitrogens with one attached hydrogen (secondary N) is 2. The lowest BCUT2D eigenvalue weighted by atomic mass is 9.92. The maximum atomic E-state index is 12.1. The molecule has 1 aromatic rings. The number of anilines is 1. The molecule has 1 amide bonds. The van der Waals surface area contributed by atoms with Crippen LogP contribution in [0.2, 0.25) is 5.02 Å². The zero-order chi connectivity index (χ0) is 13.1. The summed E-state index contributed by atoms with van der Waals surface area (Å²) in [5, 5.41) is 16.2. The standard InChI is InChI=1S/C13H17ClN2O2/c1-8-6-9(4-5-15-8)13(18)16-11-7-10(14)2-3-12(11)17/h2-3,7-9,15,17H,4-6H2,1H3,(H,16,18)/t8-,9-/m0/s1. The molecule has 2 atom stereocenters. The number of benzene rings is 1. The van der Waals surface area contributed by atoms with Crippen molar-refractivity contribution < 1.29 is 9.90 Å². The second kappa shape index (κ2) is 5.59. The fourth-order valence-electron chi connectivity index (χ4n) is 2.21. The largest absolute Gasteiger partial charge is 0.506 e. The number of phenols is 1. The Kier molecular flexibility index (Phi) is 4.09. The highest BCUT2D eigenvalue weighted by Gasteiger charge is 2.25. The number of amides is 1. The molecule has 0 saturated carbocycles. The predicted molar refractivity (Wildman–Crippen MR) is 71.9 cm³/mol. The normalized spacial score (nSPS) is 23.7. The van der Waals surface area contributed by atoms with Crippen LogP contribution in [0, 0.1) is 5.92 Å². The molecule has 1 aliphatic rings. The van der Waals surface area contributed by atoms with E-state index < -0.39 is 0 Å². The maximum absolute atomic E-state index is 12.1.